The molecular weight excluding hydrogens is 361 g/mol. The molecule has 1 aromatic carbocycles. The molecule has 1 heterocycles. The number of hydrogen-bond donors (Lipinski definition) is 0. The first-order valence-electron chi connectivity index (χ1n) is 5.41. The normalized spacial score (nSPS) is 13.5. The van der Waals surface area contributed by atoms with Gasteiger partial charge in [0.25, 0.3) is 0 Å². The van der Waals surface area contributed by atoms with Gasteiger partial charge in [0.2, 0.25) is 0 Å². The Kier molecular flexibility index (Phi) is 4.58. The summed E-state index contributed by atoms with van der Waals surface area (Å²) in [7, 11) is 0. The van der Waals surface area contributed by atoms with E-state index in [1.54, 1.807) is 6.07 Å². The SMILES string of the molecule is FC(F)(F)c1cc(Br)ccc1C(Cl)Cc1cccs1. The third kappa shape index (κ3) is 3.74. The summed E-state index contributed by atoms with van der Waals surface area (Å²) in [5, 5.41) is 1.19. The number of hydrogen-bond acceptors (Lipinski definition) is 1. The average molecular weight is 370 g/mol. The third-order valence-electron chi connectivity index (χ3n) is 2.62. The van der Waals surface area contributed by atoms with E-state index >= 15 is 0 Å². The Labute approximate surface area is 126 Å². The van der Waals surface area contributed by atoms with Crippen LogP contribution in [0.3, 0.4) is 0 Å². The van der Waals surface area contributed by atoms with Crippen molar-refractivity contribution in [1.29, 1.82) is 0 Å². The average Bonchev–Trinajstić information content (AvgIpc) is 2.80. The van der Waals surface area contributed by atoms with Crippen molar-refractivity contribution in [2.45, 2.75) is 18.0 Å². The molecule has 2 rings (SSSR count). The molecule has 0 aliphatic carbocycles. The van der Waals surface area contributed by atoms with Gasteiger partial charge in [-0.05, 0) is 29.1 Å². The minimum Gasteiger partial charge on any atom is -0.166 e. The molecule has 1 unspecified atom stereocenters. The number of benzene rings is 1. The molecule has 0 saturated heterocycles. The predicted octanol–water partition coefficient (Wildman–Crippen LogP) is 6.05. The van der Waals surface area contributed by atoms with Crippen LogP contribution in [0.25, 0.3) is 0 Å². The van der Waals surface area contributed by atoms with Crippen molar-refractivity contribution in [3.63, 3.8) is 0 Å². The predicted molar refractivity (Wildman–Crippen MR) is 75.8 cm³/mol. The highest BCUT2D eigenvalue weighted by molar-refractivity contribution is 9.10. The third-order valence-corrected chi connectivity index (χ3v) is 4.40. The first kappa shape index (κ1) is 14.9. The molecular formula is C13H9BrClF3S. The summed E-state index contributed by atoms with van der Waals surface area (Å²) in [4.78, 5) is 0.969. The summed E-state index contributed by atoms with van der Waals surface area (Å²) in [5.74, 6) is 0. The lowest BCUT2D eigenvalue weighted by Gasteiger charge is -2.17. The molecule has 102 valence electrons. The lowest BCUT2D eigenvalue weighted by Crippen LogP contribution is -2.11. The maximum atomic E-state index is 13.0. The van der Waals surface area contributed by atoms with E-state index in [1.165, 1.54) is 17.4 Å². The fourth-order valence-corrected chi connectivity index (χ4v) is 3.32. The van der Waals surface area contributed by atoms with Gasteiger partial charge in [-0.2, -0.15) is 13.2 Å². The van der Waals surface area contributed by atoms with Gasteiger partial charge in [-0.25, -0.2) is 0 Å². The van der Waals surface area contributed by atoms with Gasteiger partial charge in [0.15, 0.2) is 0 Å². The smallest absolute Gasteiger partial charge is 0.166 e. The number of alkyl halides is 4. The van der Waals surface area contributed by atoms with Gasteiger partial charge < -0.3 is 0 Å². The van der Waals surface area contributed by atoms with Crippen LogP contribution in [0.2, 0.25) is 0 Å². The van der Waals surface area contributed by atoms with Crippen LogP contribution in [0.4, 0.5) is 13.2 Å². The molecule has 0 N–H and O–H groups in total. The fourth-order valence-electron chi connectivity index (χ4n) is 1.76. The Morgan fingerprint density at radius 3 is 2.58 bits per heavy atom. The first-order chi connectivity index (χ1) is 8.88. The van der Waals surface area contributed by atoms with Crippen LogP contribution in [0.15, 0.2) is 40.2 Å². The van der Waals surface area contributed by atoms with Gasteiger partial charge in [0, 0.05) is 15.8 Å². The Balaban J connectivity index is 2.33. The summed E-state index contributed by atoms with van der Waals surface area (Å²) in [6, 6.07) is 7.80. The molecule has 0 aliphatic heterocycles. The van der Waals surface area contributed by atoms with E-state index in [9.17, 15) is 13.2 Å². The van der Waals surface area contributed by atoms with Crippen molar-refractivity contribution in [1.82, 2.24) is 0 Å². The topological polar surface area (TPSA) is 0 Å². The molecule has 0 amide bonds. The summed E-state index contributed by atoms with van der Waals surface area (Å²) in [6.07, 6.45) is -4.01. The van der Waals surface area contributed by atoms with E-state index < -0.39 is 17.1 Å². The lowest BCUT2D eigenvalue weighted by molar-refractivity contribution is -0.138. The zero-order chi connectivity index (χ0) is 14.0. The van der Waals surface area contributed by atoms with Crippen LogP contribution < -0.4 is 0 Å². The number of rotatable bonds is 3. The van der Waals surface area contributed by atoms with Gasteiger partial charge in [0.1, 0.15) is 0 Å². The second-order valence-corrected chi connectivity index (χ2v) is 6.46. The molecule has 19 heavy (non-hydrogen) atoms. The Bertz CT molecular complexity index is 552. The molecule has 0 radical (unpaired) electrons. The van der Waals surface area contributed by atoms with E-state index in [-0.39, 0.29) is 5.56 Å². The van der Waals surface area contributed by atoms with Crippen LogP contribution in [-0.4, -0.2) is 0 Å². The Morgan fingerprint density at radius 1 is 1.26 bits per heavy atom. The quantitative estimate of drug-likeness (QED) is 0.578. The van der Waals surface area contributed by atoms with Crippen molar-refractivity contribution in [3.8, 4) is 0 Å². The van der Waals surface area contributed by atoms with Crippen LogP contribution in [0.1, 0.15) is 21.4 Å². The van der Waals surface area contributed by atoms with Crippen molar-refractivity contribution < 1.29 is 13.2 Å². The zero-order valence-electron chi connectivity index (χ0n) is 9.55. The second kappa shape index (κ2) is 5.85. The minimum absolute atomic E-state index is 0.116. The molecule has 0 saturated carbocycles. The Hall–Kier alpha value is -0.520. The Morgan fingerprint density at radius 2 is 2.00 bits per heavy atom. The van der Waals surface area contributed by atoms with E-state index in [1.807, 2.05) is 17.5 Å². The highest BCUT2D eigenvalue weighted by atomic mass is 79.9. The van der Waals surface area contributed by atoms with Gasteiger partial charge in [-0.3, -0.25) is 0 Å². The summed E-state index contributed by atoms with van der Waals surface area (Å²) in [5.41, 5.74) is -0.566. The molecule has 0 spiro atoms. The molecule has 2 aromatic rings. The molecule has 0 aliphatic rings. The molecule has 6 heteroatoms. The largest absolute Gasteiger partial charge is 0.416 e. The maximum absolute atomic E-state index is 13.0. The molecule has 1 atom stereocenters. The maximum Gasteiger partial charge on any atom is 0.416 e. The van der Waals surface area contributed by atoms with E-state index in [0.29, 0.717) is 10.9 Å². The molecule has 1 aromatic heterocycles. The van der Waals surface area contributed by atoms with Gasteiger partial charge in [0.05, 0.1) is 10.9 Å². The highest BCUT2D eigenvalue weighted by Gasteiger charge is 2.35. The summed E-state index contributed by atoms with van der Waals surface area (Å²) in [6.45, 7) is 0. The standard InChI is InChI=1S/C13H9BrClF3S/c14-8-3-4-10(11(6-8)13(16,17)18)12(15)7-9-2-1-5-19-9/h1-6,12H,7H2. The highest BCUT2D eigenvalue weighted by Crippen LogP contribution is 2.39. The minimum atomic E-state index is -4.40. The summed E-state index contributed by atoms with van der Waals surface area (Å²) >= 11 is 10.7. The molecule has 0 fully saturated rings. The molecule has 0 bridgehead atoms. The lowest BCUT2D eigenvalue weighted by atomic mass is 10.0. The number of thiophene rings is 1. The fraction of sp³-hybridized carbons (Fsp3) is 0.231. The van der Waals surface area contributed by atoms with Gasteiger partial charge >= 0.3 is 6.18 Å². The zero-order valence-corrected chi connectivity index (χ0v) is 12.7. The van der Waals surface area contributed by atoms with E-state index in [2.05, 4.69) is 15.9 Å². The van der Waals surface area contributed by atoms with Crippen molar-refractivity contribution >= 4 is 38.9 Å². The van der Waals surface area contributed by atoms with Crippen LogP contribution in [-0.2, 0) is 12.6 Å². The summed E-state index contributed by atoms with van der Waals surface area (Å²) < 4.78 is 39.4. The molecule has 0 nitrogen and oxygen atoms in total. The second-order valence-electron chi connectivity index (χ2n) is 3.98. The number of halogens is 5. The van der Waals surface area contributed by atoms with E-state index in [4.69, 9.17) is 11.6 Å². The van der Waals surface area contributed by atoms with Crippen molar-refractivity contribution in [2.75, 3.05) is 0 Å². The van der Waals surface area contributed by atoms with Crippen LogP contribution in [0.5, 0.6) is 0 Å². The van der Waals surface area contributed by atoms with Crippen molar-refractivity contribution in [2.24, 2.45) is 0 Å². The van der Waals surface area contributed by atoms with Crippen LogP contribution >= 0.6 is 38.9 Å². The first-order valence-corrected chi connectivity index (χ1v) is 7.52. The van der Waals surface area contributed by atoms with Crippen LogP contribution in [0, 0.1) is 0 Å². The van der Waals surface area contributed by atoms with Gasteiger partial charge in [-0.15, -0.1) is 22.9 Å². The monoisotopic (exact) mass is 368 g/mol. The van der Waals surface area contributed by atoms with Crippen molar-refractivity contribution in [3.05, 3.63) is 56.2 Å². The van der Waals surface area contributed by atoms with Gasteiger partial charge in [-0.1, -0.05) is 28.1 Å². The van der Waals surface area contributed by atoms with E-state index in [0.717, 1.165) is 10.9 Å².